The lowest BCUT2D eigenvalue weighted by molar-refractivity contribution is 0.306. The second-order valence-corrected chi connectivity index (χ2v) is 6.69. The summed E-state index contributed by atoms with van der Waals surface area (Å²) in [6.45, 7) is 0.489. The Morgan fingerprint density at radius 3 is 2.63 bits per heavy atom. The van der Waals surface area contributed by atoms with Crippen molar-refractivity contribution in [2.24, 2.45) is 5.10 Å². The smallest absolute Gasteiger partial charge is 0.265 e. The Hall–Kier alpha value is -4.26. The average molecular weight is 394 g/mol. The number of H-pyrrole nitrogens is 1. The monoisotopic (exact) mass is 394 g/mol. The second-order valence-electron chi connectivity index (χ2n) is 6.69. The van der Waals surface area contributed by atoms with Crippen molar-refractivity contribution < 1.29 is 4.74 Å². The van der Waals surface area contributed by atoms with Gasteiger partial charge in [0.05, 0.1) is 6.21 Å². The number of hydrogen-bond acceptors (Lipinski definition) is 6. The first-order valence-corrected chi connectivity index (χ1v) is 9.53. The van der Waals surface area contributed by atoms with E-state index in [0.29, 0.717) is 18.2 Å². The van der Waals surface area contributed by atoms with E-state index in [2.05, 4.69) is 30.7 Å². The molecule has 0 aliphatic rings. The molecule has 0 saturated heterocycles. The molecule has 5 aromatic rings. The summed E-state index contributed by atoms with van der Waals surface area (Å²) in [4.78, 5) is 7.70. The Labute approximate surface area is 172 Å². The fraction of sp³-hybridized carbons (Fsp3) is 0.0435. The second kappa shape index (κ2) is 8.00. The van der Waals surface area contributed by atoms with Crippen molar-refractivity contribution in [2.45, 2.75) is 6.61 Å². The molecule has 0 spiro atoms. The minimum atomic E-state index is 0.313. The molecule has 146 valence electrons. The van der Waals surface area contributed by atoms with Crippen LogP contribution >= 0.6 is 0 Å². The van der Waals surface area contributed by atoms with Crippen LogP contribution in [-0.4, -0.2) is 26.4 Å². The van der Waals surface area contributed by atoms with Crippen LogP contribution in [0.3, 0.4) is 0 Å². The van der Waals surface area contributed by atoms with Crippen molar-refractivity contribution >= 4 is 34.2 Å². The molecule has 0 unspecified atom stereocenters. The molecule has 0 saturated carbocycles. The van der Waals surface area contributed by atoms with E-state index in [0.717, 1.165) is 33.3 Å². The maximum atomic E-state index is 5.95. The molecule has 7 heteroatoms. The Morgan fingerprint density at radius 1 is 0.900 bits per heavy atom. The number of aromatic nitrogens is 4. The van der Waals surface area contributed by atoms with Crippen molar-refractivity contribution in [1.82, 2.24) is 20.2 Å². The van der Waals surface area contributed by atoms with Crippen LogP contribution in [0.4, 0.5) is 5.95 Å². The molecule has 0 atom stereocenters. The number of hydrazone groups is 1. The standard InChI is InChI=1S/C23H18N6O/c1-2-8-16(9-3-1)15-30-20-13-7-4-10-17(20)14-24-28-23-26-22-21(27-29-23)18-11-5-6-12-19(18)25-22/h1-14H,15H2,(H2,25,26,28,29)/b24-14+. The molecule has 2 N–H and O–H groups in total. The van der Waals surface area contributed by atoms with Gasteiger partial charge in [0.2, 0.25) is 0 Å². The SMILES string of the molecule is C(=N\Nc1nnc2c(n1)[nH]c1ccccc12)/c1ccccc1OCc1ccccc1. The first-order valence-electron chi connectivity index (χ1n) is 9.53. The highest BCUT2D eigenvalue weighted by molar-refractivity contribution is 6.03. The zero-order valence-electron chi connectivity index (χ0n) is 16.0. The molecule has 0 radical (unpaired) electrons. The van der Waals surface area contributed by atoms with Gasteiger partial charge in [0.1, 0.15) is 17.9 Å². The van der Waals surface area contributed by atoms with Crippen LogP contribution < -0.4 is 10.2 Å². The lowest BCUT2D eigenvalue weighted by atomic mass is 10.2. The van der Waals surface area contributed by atoms with Gasteiger partial charge in [0.25, 0.3) is 5.95 Å². The Morgan fingerprint density at radius 2 is 1.70 bits per heavy atom. The van der Waals surface area contributed by atoms with Gasteiger partial charge in [0, 0.05) is 16.5 Å². The summed E-state index contributed by atoms with van der Waals surface area (Å²) >= 11 is 0. The summed E-state index contributed by atoms with van der Waals surface area (Å²) in [5, 5.41) is 13.6. The molecule has 0 aliphatic heterocycles. The molecule has 7 nitrogen and oxygen atoms in total. The molecule has 5 rings (SSSR count). The van der Waals surface area contributed by atoms with Crippen LogP contribution in [0.5, 0.6) is 5.75 Å². The van der Waals surface area contributed by atoms with E-state index >= 15 is 0 Å². The van der Waals surface area contributed by atoms with Gasteiger partial charge in [-0.05, 0) is 23.8 Å². The van der Waals surface area contributed by atoms with Gasteiger partial charge in [0.15, 0.2) is 5.65 Å². The highest BCUT2D eigenvalue weighted by atomic mass is 16.5. The van der Waals surface area contributed by atoms with Gasteiger partial charge in [-0.15, -0.1) is 10.2 Å². The van der Waals surface area contributed by atoms with Gasteiger partial charge < -0.3 is 9.72 Å². The summed E-state index contributed by atoms with van der Waals surface area (Å²) in [6, 6.07) is 25.7. The maximum Gasteiger partial charge on any atom is 0.265 e. The first kappa shape index (κ1) is 17.8. The van der Waals surface area contributed by atoms with E-state index in [9.17, 15) is 0 Å². The number of nitrogens with one attached hydrogen (secondary N) is 2. The van der Waals surface area contributed by atoms with Gasteiger partial charge in [-0.2, -0.15) is 10.1 Å². The van der Waals surface area contributed by atoms with Crippen molar-refractivity contribution in [3.63, 3.8) is 0 Å². The third-order valence-corrected chi connectivity index (χ3v) is 4.65. The number of nitrogens with zero attached hydrogens (tertiary/aromatic N) is 4. The van der Waals surface area contributed by atoms with Crippen LogP contribution in [0.1, 0.15) is 11.1 Å². The van der Waals surface area contributed by atoms with Gasteiger partial charge in [-0.25, -0.2) is 5.43 Å². The largest absolute Gasteiger partial charge is 0.488 e. The van der Waals surface area contributed by atoms with Crippen LogP contribution in [-0.2, 0) is 6.61 Å². The lowest BCUT2D eigenvalue weighted by Crippen LogP contribution is -2.01. The number of anilines is 1. The molecule has 3 aromatic carbocycles. The molecule has 0 fully saturated rings. The average Bonchev–Trinajstić information content (AvgIpc) is 3.17. The number of rotatable bonds is 6. The van der Waals surface area contributed by atoms with Crippen molar-refractivity contribution in [2.75, 3.05) is 5.43 Å². The quantitative estimate of drug-likeness (QED) is 0.326. The number of aromatic amines is 1. The van der Waals surface area contributed by atoms with Gasteiger partial charge in [-0.3, -0.25) is 0 Å². The van der Waals surface area contributed by atoms with Crippen LogP contribution in [0.15, 0.2) is 84.0 Å². The number of ether oxygens (including phenoxy) is 1. The molecular formula is C23H18N6O. The van der Waals surface area contributed by atoms with E-state index < -0.39 is 0 Å². The van der Waals surface area contributed by atoms with Gasteiger partial charge >= 0.3 is 0 Å². The molecule has 0 amide bonds. The summed E-state index contributed by atoms with van der Waals surface area (Å²) in [5.74, 6) is 1.06. The Kier molecular flexibility index (Phi) is 4.75. The minimum Gasteiger partial charge on any atom is -0.488 e. The normalized spacial score (nSPS) is 11.3. The lowest BCUT2D eigenvalue weighted by Gasteiger charge is -2.08. The number of para-hydroxylation sites is 2. The number of benzene rings is 3. The number of hydrogen-bond donors (Lipinski definition) is 2. The Balaban J connectivity index is 1.31. The zero-order chi connectivity index (χ0) is 20.2. The topological polar surface area (TPSA) is 88.1 Å². The molecule has 0 aliphatic carbocycles. The summed E-state index contributed by atoms with van der Waals surface area (Å²) < 4.78 is 5.95. The minimum absolute atomic E-state index is 0.313. The Bertz CT molecular complexity index is 1330. The van der Waals surface area contributed by atoms with Crippen molar-refractivity contribution in [1.29, 1.82) is 0 Å². The van der Waals surface area contributed by atoms with E-state index in [1.165, 1.54) is 0 Å². The van der Waals surface area contributed by atoms with Crippen molar-refractivity contribution in [3.05, 3.63) is 90.0 Å². The fourth-order valence-electron chi connectivity index (χ4n) is 3.18. The summed E-state index contributed by atoms with van der Waals surface area (Å²) in [6.07, 6.45) is 1.68. The highest BCUT2D eigenvalue weighted by Gasteiger charge is 2.08. The number of fused-ring (bicyclic) bond motifs is 3. The summed E-state index contributed by atoms with van der Waals surface area (Å²) in [7, 11) is 0. The van der Waals surface area contributed by atoms with E-state index in [-0.39, 0.29) is 0 Å². The van der Waals surface area contributed by atoms with Gasteiger partial charge in [-0.1, -0.05) is 60.7 Å². The molecule has 0 bridgehead atoms. The molecule has 2 aromatic heterocycles. The van der Waals surface area contributed by atoms with E-state index in [1.54, 1.807) is 6.21 Å². The predicted octanol–water partition coefficient (Wildman–Crippen LogP) is 4.53. The van der Waals surface area contributed by atoms with Crippen LogP contribution in [0, 0.1) is 0 Å². The zero-order valence-corrected chi connectivity index (χ0v) is 16.0. The maximum absolute atomic E-state index is 5.95. The predicted molar refractivity (Wildman–Crippen MR) is 118 cm³/mol. The molecule has 2 heterocycles. The third-order valence-electron chi connectivity index (χ3n) is 4.65. The van der Waals surface area contributed by atoms with E-state index in [1.807, 2.05) is 78.9 Å². The highest BCUT2D eigenvalue weighted by Crippen LogP contribution is 2.22. The van der Waals surface area contributed by atoms with Crippen LogP contribution in [0.2, 0.25) is 0 Å². The van der Waals surface area contributed by atoms with Crippen LogP contribution in [0.25, 0.3) is 22.1 Å². The summed E-state index contributed by atoms with van der Waals surface area (Å²) in [5.41, 5.74) is 7.16. The molecular weight excluding hydrogens is 376 g/mol. The van der Waals surface area contributed by atoms with Crippen molar-refractivity contribution in [3.8, 4) is 5.75 Å². The molecule has 30 heavy (non-hydrogen) atoms. The third kappa shape index (κ3) is 3.68. The van der Waals surface area contributed by atoms with E-state index in [4.69, 9.17) is 4.74 Å². The fourth-order valence-corrected chi connectivity index (χ4v) is 3.18. The first-order chi connectivity index (χ1) is 14.9.